The lowest BCUT2D eigenvalue weighted by atomic mass is 10.1. The van der Waals surface area contributed by atoms with Gasteiger partial charge in [0.25, 0.3) is 0 Å². The molecule has 5 heteroatoms. The van der Waals surface area contributed by atoms with E-state index in [-0.39, 0.29) is 17.9 Å². The molecule has 0 saturated carbocycles. The number of hydrogen-bond donors (Lipinski definition) is 1. The summed E-state index contributed by atoms with van der Waals surface area (Å²) in [4.78, 5) is 25.4. The maximum Gasteiger partial charge on any atom is 0.224 e. The van der Waals surface area contributed by atoms with Gasteiger partial charge in [-0.3, -0.25) is 9.59 Å². The zero-order valence-electron chi connectivity index (χ0n) is 12.3. The molecule has 0 aliphatic carbocycles. The van der Waals surface area contributed by atoms with Crippen LogP contribution in [0.25, 0.3) is 0 Å². The van der Waals surface area contributed by atoms with Gasteiger partial charge in [-0.05, 0) is 30.5 Å². The highest BCUT2D eigenvalue weighted by Crippen LogP contribution is 2.15. The summed E-state index contributed by atoms with van der Waals surface area (Å²) in [7, 11) is 0. The third kappa shape index (κ3) is 4.74. The Balaban J connectivity index is 1.82. The number of carbonyl (C=O) groups is 2. The van der Waals surface area contributed by atoms with Gasteiger partial charge in [-0.1, -0.05) is 30.7 Å². The van der Waals surface area contributed by atoms with Crippen LogP contribution in [0.2, 0.25) is 5.02 Å². The number of amides is 2. The minimum atomic E-state index is -0.0455. The average Bonchev–Trinajstić information content (AvgIpc) is 2.77. The first-order valence-electron chi connectivity index (χ1n) is 7.40. The van der Waals surface area contributed by atoms with Crippen LogP contribution in [-0.4, -0.2) is 35.8 Å². The molecule has 4 nitrogen and oxygen atoms in total. The van der Waals surface area contributed by atoms with Crippen molar-refractivity contribution in [2.45, 2.75) is 38.6 Å². The molecule has 1 atom stereocenters. The Morgan fingerprint density at radius 2 is 2.29 bits per heavy atom. The standard InChI is InChI=1S/C16H21ClN2O2/c1-2-4-15(20)18-14-10-16(21)19(11-14)8-7-12-5-3-6-13(17)9-12/h3,5-6,9,14H,2,4,7-8,10-11H2,1H3,(H,18,20)/t14-/m0/s1. The van der Waals surface area contributed by atoms with E-state index in [0.717, 1.165) is 18.4 Å². The first-order chi connectivity index (χ1) is 10.1. The molecule has 2 amide bonds. The van der Waals surface area contributed by atoms with Crippen LogP contribution in [0.5, 0.6) is 0 Å². The third-order valence-corrected chi connectivity index (χ3v) is 3.85. The normalized spacial score (nSPS) is 18.1. The quantitative estimate of drug-likeness (QED) is 0.877. The molecule has 114 valence electrons. The SMILES string of the molecule is CCCC(=O)N[C@H]1CC(=O)N(CCc2cccc(Cl)c2)C1. The molecule has 1 heterocycles. The number of halogens is 1. The van der Waals surface area contributed by atoms with E-state index in [1.165, 1.54) is 0 Å². The first kappa shape index (κ1) is 15.8. The molecular formula is C16H21ClN2O2. The number of likely N-dealkylation sites (tertiary alicyclic amines) is 1. The molecule has 1 aromatic rings. The smallest absolute Gasteiger partial charge is 0.224 e. The monoisotopic (exact) mass is 308 g/mol. The van der Waals surface area contributed by atoms with Gasteiger partial charge >= 0.3 is 0 Å². The van der Waals surface area contributed by atoms with Gasteiger partial charge in [-0.2, -0.15) is 0 Å². The fourth-order valence-electron chi connectivity index (χ4n) is 2.57. The Morgan fingerprint density at radius 1 is 1.48 bits per heavy atom. The van der Waals surface area contributed by atoms with E-state index in [1.807, 2.05) is 36.1 Å². The Hall–Kier alpha value is -1.55. The lowest BCUT2D eigenvalue weighted by Crippen LogP contribution is -2.37. The summed E-state index contributed by atoms with van der Waals surface area (Å²) in [6.07, 6.45) is 2.53. The summed E-state index contributed by atoms with van der Waals surface area (Å²) in [5, 5.41) is 3.64. The van der Waals surface area contributed by atoms with E-state index in [4.69, 9.17) is 11.6 Å². The second kappa shape index (κ2) is 7.46. The van der Waals surface area contributed by atoms with Crippen molar-refractivity contribution in [3.8, 4) is 0 Å². The van der Waals surface area contributed by atoms with E-state index in [2.05, 4.69) is 5.32 Å². The van der Waals surface area contributed by atoms with Crippen molar-refractivity contribution in [1.82, 2.24) is 10.2 Å². The first-order valence-corrected chi connectivity index (χ1v) is 7.78. The van der Waals surface area contributed by atoms with Crippen LogP contribution in [0.15, 0.2) is 24.3 Å². The van der Waals surface area contributed by atoms with Gasteiger partial charge in [0.1, 0.15) is 0 Å². The van der Waals surface area contributed by atoms with Crippen molar-refractivity contribution in [3.05, 3.63) is 34.9 Å². The highest BCUT2D eigenvalue weighted by molar-refractivity contribution is 6.30. The van der Waals surface area contributed by atoms with Crippen molar-refractivity contribution < 1.29 is 9.59 Å². The summed E-state index contributed by atoms with van der Waals surface area (Å²) in [5.41, 5.74) is 1.12. The van der Waals surface area contributed by atoms with Gasteiger partial charge in [-0.25, -0.2) is 0 Å². The summed E-state index contributed by atoms with van der Waals surface area (Å²) >= 11 is 5.95. The van der Waals surface area contributed by atoms with Gasteiger partial charge in [0.15, 0.2) is 0 Å². The zero-order valence-corrected chi connectivity index (χ0v) is 13.0. The van der Waals surface area contributed by atoms with E-state index >= 15 is 0 Å². The summed E-state index contributed by atoms with van der Waals surface area (Å²) in [6, 6.07) is 7.63. The van der Waals surface area contributed by atoms with Crippen molar-refractivity contribution in [3.63, 3.8) is 0 Å². The Bertz CT molecular complexity index is 519. The number of benzene rings is 1. The Labute approximate surface area is 130 Å². The van der Waals surface area contributed by atoms with Crippen molar-refractivity contribution >= 4 is 23.4 Å². The maximum absolute atomic E-state index is 12.0. The Kier molecular flexibility index (Phi) is 5.62. The maximum atomic E-state index is 12.0. The average molecular weight is 309 g/mol. The van der Waals surface area contributed by atoms with Gasteiger partial charge in [-0.15, -0.1) is 0 Å². The fraction of sp³-hybridized carbons (Fsp3) is 0.500. The molecule has 1 N–H and O–H groups in total. The van der Waals surface area contributed by atoms with Crippen molar-refractivity contribution in [2.75, 3.05) is 13.1 Å². The summed E-state index contributed by atoms with van der Waals surface area (Å²) in [6.45, 7) is 3.24. The van der Waals surface area contributed by atoms with Crippen molar-refractivity contribution in [2.24, 2.45) is 0 Å². The van der Waals surface area contributed by atoms with Crippen LogP contribution in [0.4, 0.5) is 0 Å². The molecule has 0 unspecified atom stereocenters. The topological polar surface area (TPSA) is 49.4 Å². The zero-order chi connectivity index (χ0) is 15.2. The molecular weight excluding hydrogens is 288 g/mol. The minimum absolute atomic E-state index is 0.0343. The molecule has 2 rings (SSSR count). The predicted octanol–water partition coefficient (Wildman–Crippen LogP) is 2.40. The lowest BCUT2D eigenvalue weighted by molar-refractivity contribution is -0.127. The second-order valence-electron chi connectivity index (χ2n) is 5.44. The third-order valence-electron chi connectivity index (χ3n) is 3.62. The van der Waals surface area contributed by atoms with Crippen molar-refractivity contribution in [1.29, 1.82) is 0 Å². The molecule has 1 aliphatic rings. The number of rotatable bonds is 6. The second-order valence-corrected chi connectivity index (χ2v) is 5.87. The van der Waals surface area contributed by atoms with Crippen LogP contribution in [0.1, 0.15) is 31.7 Å². The van der Waals surface area contributed by atoms with Crippen LogP contribution < -0.4 is 5.32 Å². The van der Waals surface area contributed by atoms with Crippen LogP contribution in [0.3, 0.4) is 0 Å². The summed E-state index contributed by atoms with van der Waals surface area (Å²) in [5.74, 6) is 0.144. The highest BCUT2D eigenvalue weighted by atomic mass is 35.5. The van der Waals surface area contributed by atoms with Crippen LogP contribution in [-0.2, 0) is 16.0 Å². The lowest BCUT2D eigenvalue weighted by Gasteiger charge is -2.17. The Morgan fingerprint density at radius 3 is 3.00 bits per heavy atom. The van der Waals surface area contributed by atoms with Gasteiger partial charge < -0.3 is 10.2 Å². The highest BCUT2D eigenvalue weighted by Gasteiger charge is 2.29. The van der Waals surface area contributed by atoms with E-state index in [1.54, 1.807) is 0 Å². The van der Waals surface area contributed by atoms with E-state index in [0.29, 0.717) is 31.0 Å². The number of carbonyl (C=O) groups excluding carboxylic acids is 2. The molecule has 1 aromatic carbocycles. The molecule has 1 aliphatic heterocycles. The molecule has 0 spiro atoms. The largest absolute Gasteiger partial charge is 0.351 e. The number of nitrogens with zero attached hydrogens (tertiary/aromatic N) is 1. The van der Waals surface area contributed by atoms with Crippen LogP contribution >= 0.6 is 11.6 Å². The molecule has 0 radical (unpaired) electrons. The van der Waals surface area contributed by atoms with E-state index in [9.17, 15) is 9.59 Å². The fourth-order valence-corrected chi connectivity index (χ4v) is 2.78. The van der Waals surface area contributed by atoms with E-state index < -0.39 is 0 Å². The van der Waals surface area contributed by atoms with Gasteiger partial charge in [0.2, 0.25) is 11.8 Å². The molecule has 21 heavy (non-hydrogen) atoms. The molecule has 1 saturated heterocycles. The number of nitrogens with one attached hydrogen (secondary N) is 1. The molecule has 0 bridgehead atoms. The summed E-state index contributed by atoms with van der Waals surface area (Å²) < 4.78 is 0. The molecule has 0 aromatic heterocycles. The molecule has 1 fully saturated rings. The van der Waals surface area contributed by atoms with Gasteiger partial charge in [0, 0.05) is 31.0 Å². The predicted molar refractivity (Wildman–Crippen MR) is 83.2 cm³/mol. The minimum Gasteiger partial charge on any atom is -0.351 e. The van der Waals surface area contributed by atoms with Crippen LogP contribution in [0, 0.1) is 0 Å². The number of hydrogen-bond acceptors (Lipinski definition) is 2. The van der Waals surface area contributed by atoms with Gasteiger partial charge in [0.05, 0.1) is 6.04 Å².